The van der Waals surface area contributed by atoms with Crippen LogP contribution in [0.2, 0.25) is 0 Å². The van der Waals surface area contributed by atoms with Crippen LogP contribution in [0.5, 0.6) is 0 Å². The van der Waals surface area contributed by atoms with Gasteiger partial charge in [0.15, 0.2) is 0 Å². The Morgan fingerprint density at radius 1 is 1.69 bits per heavy atom. The fourth-order valence-corrected chi connectivity index (χ4v) is 1.39. The van der Waals surface area contributed by atoms with Crippen molar-refractivity contribution in [1.82, 2.24) is 0 Å². The fourth-order valence-electron chi connectivity index (χ4n) is 1.39. The molecule has 77 valence electrons. The van der Waals surface area contributed by atoms with Gasteiger partial charge in [0.05, 0.1) is 13.2 Å². The van der Waals surface area contributed by atoms with E-state index >= 15 is 0 Å². The predicted octanol–water partition coefficient (Wildman–Crippen LogP) is -2.13. The van der Waals surface area contributed by atoms with E-state index in [4.69, 9.17) is 9.84 Å². The van der Waals surface area contributed by atoms with Crippen LogP contribution in [-0.4, -0.2) is 59.7 Å². The van der Waals surface area contributed by atoms with Crippen LogP contribution in [0, 0.1) is 0 Å². The summed E-state index contributed by atoms with van der Waals surface area (Å²) in [5, 5.41) is 38.7. The minimum atomic E-state index is -2.61. The van der Waals surface area contributed by atoms with Gasteiger partial charge in [-0.25, -0.2) is 0 Å². The molecule has 0 aromatic rings. The maximum Gasteiger partial charge on any atom is 0.257 e. The monoisotopic (exact) mass is 193 g/mol. The minimum Gasteiger partial charge on any atom is -0.393 e. The van der Waals surface area contributed by atoms with Crippen molar-refractivity contribution >= 4 is 0 Å². The lowest BCUT2D eigenvalue weighted by Gasteiger charge is -2.40. The highest BCUT2D eigenvalue weighted by Crippen LogP contribution is 2.26. The molecule has 0 unspecified atom stereocenters. The summed E-state index contributed by atoms with van der Waals surface area (Å²) < 4.78 is 9.39. The summed E-state index contributed by atoms with van der Waals surface area (Å²) >= 11 is 0. The average Bonchev–Trinajstić information content (AvgIpc) is 2.04. The highest BCUT2D eigenvalue weighted by atomic mass is 16.6. The van der Waals surface area contributed by atoms with Gasteiger partial charge in [-0.05, 0) is 0 Å². The normalized spacial score (nSPS) is 39.0. The second-order valence-electron chi connectivity index (χ2n) is 2.98. The summed E-state index contributed by atoms with van der Waals surface area (Å²) in [6.45, 7) is -0.735. The van der Waals surface area contributed by atoms with Crippen LogP contribution >= 0.6 is 0 Å². The van der Waals surface area contributed by atoms with Gasteiger partial charge in [0.25, 0.3) is 5.79 Å². The van der Waals surface area contributed by atoms with Crippen LogP contribution in [0.15, 0.2) is 0 Å². The van der Waals surface area contributed by atoms with Gasteiger partial charge in [-0.1, -0.05) is 0 Å². The Labute approximate surface area is 75.3 Å². The molecule has 0 saturated carbocycles. The largest absolute Gasteiger partial charge is 0.393 e. The molecule has 1 fully saturated rings. The zero-order valence-electron chi connectivity index (χ0n) is 7.21. The standard InChI is InChI=1S/C7H13O6/c1-12-6-4(9)3-13-5(2-8)7(6,10)11/h4-6,8-10H,2-3H2,1H3/t4-,5+,6+,7-/m0/s1. The summed E-state index contributed by atoms with van der Waals surface area (Å²) in [5.74, 6) is -2.61. The Morgan fingerprint density at radius 2 is 2.31 bits per heavy atom. The smallest absolute Gasteiger partial charge is 0.257 e. The maximum atomic E-state index is 11.4. The topological polar surface area (TPSA) is 99.0 Å². The summed E-state index contributed by atoms with van der Waals surface area (Å²) in [5.41, 5.74) is 0. The van der Waals surface area contributed by atoms with E-state index in [2.05, 4.69) is 4.74 Å². The molecule has 1 saturated heterocycles. The van der Waals surface area contributed by atoms with Crippen molar-refractivity contribution in [3.63, 3.8) is 0 Å². The molecular formula is C7H13O6. The lowest BCUT2D eigenvalue weighted by Crippen LogP contribution is -2.63. The van der Waals surface area contributed by atoms with Gasteiger partial charge >= 0.3 is 0 Å². The first-order chi connectivity index (χ1) is 6.04. The third-order valence-corrected chi connectivity index (χ3v) is 2.11. The van der Waals surface area contributed by atoms with Gasteiger partial charge in [0.2, 0.25) is 0 Å². The molecular weight excluding hydrogens is 180 g/mol. The van der Waals surface area contributed by atoms with Gasteiger partial charge in [0, 0.05) is 7.11 Å². The molecule has 1 radical (unpaired) electrons. The van der Waals surface area contributed by atoms with E-state index in [0.717, 1.165) is 0 Å². The van der Waals surface area contributed by atoms with Crippen molar-refractivity contribution in [3.05, 3.63) is 0 Å². The molecule has 0 bridgehead atoms. The molecule has 1 rings (SSSR count). The van der Waals surface area contributed by atoms with Gasteiger partial charge in [0.1, 0.15) is 18.3 Å². The van der Waals surface area contributed by atoms with Crippen molar-refractivity contribution in [2.75, 3.05) is 20.3 Å². The van der Waals surface area contributed by atoms with Crippen molar-refractivity contribution in [2.45, 2.75) is 24.1 Å². The lowest BCUT2D eigenvalue weighted by molar-refractivity contribution is -0.362. The van der Waals surface area contributed by atoms with E-state index in [9.17, 15) is 15.3 Å². The molecule has 3 N–H and O–H groups in total. The van der Waals surface area contributed by atoms with E-state index in [-0.39, 0.29) is 6.61 Å². The first-order valence-corrected chi connectivity index (χ1v) is 3.90. The quantitative estimate of drug-likeness (QED) is 0.435. The van der Waals surface area contributed by atoms with E-state index in [1.54, 1.807) is 0 Å². The zero-order chi connectivity index (χ0) is 10.1. The summed E-state index contributed by atoms with van der Waals surface area (Å²) in [7, 11) is 1.20. The molecule has 0 aliphatic carbocycles. The number of hydrogen-bond acceptors (Lipinski definition) is 5. The van der Waals surface area contributed by atoms with Crippen LogP contribution in [0.4, 0.5) is 0 Å². The Hall–Kier alpha value is -0.240. The molecule has 0 amide bonds. The Morgan fingerprint density at radius 3 is 2.77 bits per heavy atom. The van der Waals surface area contributed by atoms with Gasteiger partial charge in [-0.15, -0.1) is 0 Å². The van der Waals surface area contributed by atoms with Crippen LogP contribution in [-0.2, 0) is 14.6 Å². The number of rotatable bonds is 2. The molecule has 0 spiro atoms. The Balaban J connectivity index is 2.78. The van der Waals surface area contributed by atoms with Crippen LogP contribution in [0.25, 0.3) is 0 Å². The first kappa shape index (κ1) is 10.8. The number of hydrogen-bond donors (Lipinski definition) is 3. The van der Waals surface area contributed by atoms with Crippen molar-refractivity contribution in [2.24, 2.45) is 0 Å². The summed E-state index contributed by atoms with van der Waals surface area (Å²) in [6.07, 6.45) is -3.71. The number of aliphatic hydroxyl groups is 3. The van der Waals surface area contributed by atoms with Crippen LogP contribution in [0.3, 0.4) is 0 Å². The van der Waals surface area contributed by atoms with Crippen LogP contribution in [0.1, 0.15) is 0 Å². The Bertz CT molecular complexity index is 170. The zero-order valence-corrected chi connectivity index (χ0v) is 7.21. The third-order valence-electron chi connectivity index (χ3n) is 2.11. The number of aliphatic hydroxyl groups excluding tert-OH is 2. The Kier molecular flexibility index (Phi) is 3.23. The second kappa shape index (κ2) is 3.87. The molecule has 6 nitrogen and oxygen atoms in total. The minimum absolute atomic E-state index is 0.131. The molecule has 4 atom stereocenters. The van der Waals surface area contributed by atoms with Gasteiger partial charge in [-0.3, -0.25) is 0 Å². The van der Waals surface area contributed by atoms with Crippen molar-refractivity contribution in [3.8, 4) is 0 Å². The predicted molar refractivity (Wildman–Crippen MR) is 39.3 cm³/mol. The average molecular weight is 193 g/mol. The SMILES string of the molecule is CO[C@@H]1[C@@H](O)CO[C@H](CO)[C@@]1([O])O. The summed E-state index contributed by atoms with van der Waals surface area (Å²) in [6, 6.07) is 0. The number of ether oxygens (including phenoxy) is 2. The van der Waals surface area contributed by atoms with Crippen molar-refractivity contribution < 1.29 is 29.9 Å². The van der Waals surface area contributed by atoms with E-state index < -0.39 is 30.7 Å². The van der Waals surface area contributed by atoms with E-state index in [0.29, 0.717) is 0 Å². The van der Waals surface area contributed by atoms with Gasteiger partial charge < -0.3 is 24.8 Å². The summed E-state index contributed by atoms with van der Waals surface area (Å²) in [4.78, 5) is 0. The van der Waals surface area contributed by atoms with Gasteiger partial charge in [-0.2, -0.15) is 5.11 Å². The molecule has 13 heavy (non-hydrogen) atoms. The molecule has 0 aromatic heterocycles. The first-order valence-electron chi connectivity index (χ1n) is 3.90. The van der Waals surface area contributed by atoms with E-state index in [1.807, 2.05) is 0 Å². The lowest BCUT2D eigenvalue weighted by atomic mass is 9.96. The second-order valence-corrected chi connectivity index (χ2v) is 2.98. The third kappa shape index (κ3) is 1.83. The fraction of sp³-hybridized carbons (Fsp3) is 1.00. The van der Waals surface area contributed by atoms with Crippen LogP contribution < -0.4 is 0 Å². The number of methoxy groups -OCH3 is 1. The molecule has 1 heterocycles. The molecule has 6 heteroatoms. The highest BCUT2D eigenvalue weighted by Gasteiger charge is 2.52. The molecule has 0 aromatic carbocycles. The van der Waals surface area contributed by atoms with Crippen molar-refractivity contribution in [1.29, 1.82) is 0 Å². The van der Waals surface area contributed by atoms with E-state index in [1.165, 1.54) is 7.11 Å². The molecule has 1 aliphatic rings. The molecule has 1 aliphatic heterocycles. The maximum absolute atomic E-state index is 11.4. The highest BCUT2D eigenvalue weighted by molar-refractivity contribution is 4.92.